The molecule has 0 atom stereocenters. The summed E-state index contributed by atoms with van der Waals surface area (Å²) in [6, 6.07) is 22.3. The molecule has 0 radical (unpaired) electrons. The monoisotopic (exact) mass is 404 g/mol. The molecule has 0 heterocycles. The number of rotatable bonds is 6. The molecule has 0 saturated carbocycles. The number of nitrogens with one attached hydrogen (secondary N) is 2. The summed E-state index contributed by atoms with van der Waals surface area (Å²) in [5.41, 5.74) is 6.50. The van der Waals surface area contributed by atoms with Crippen molar-refractivity contribution in [3.05, 3.63) is 101 Å². The van der Waals surface area contributed by atoms with Gasteiger partial charge in [0, 0.05) is 11.1 Å². The summed E-state index contributed by atoms with van der Waals surface area (Å²) in [7, 11) is 1.26. The summed E-state index contributed by atoms with van der Waals surface area (Å²) < 4.78 is 10.3. The highest BCUT2D eigenvalue weighted by molar-refractivity contribution is 6.00. The Hall–Kier alpha value is -4.13. The van der Waals surface area contributed by atoms with Gasteiger partial charge in [-0.1, -0.05) is 36.4 Å². The molecule has 0 saturated heterocycles. The van der Waals surface area contributed by atoms with E-state index in [9.17, 15) is 14.4 Å². The van der Waals surface area contributed by atoms with E-state index in [0.717, 1.165) is 5.56 Å². The minimum absolute atomic E-state index is 0.211. The second-order valence-corrected chi connectivity index (χ2v) is 6.28. The smallest absolute Gasteiger partial charge is 0.337 e. The third-order valence-corrected chi connectivity index (χ3v) is 4.20. The number of carbonyl (C=O) groups excluding carboxylic acids is 3. The largest absolute Gasteiger partial charge is 0.489 e. The van der Waals surface area contributed by atoms with Crippen LogP contribution >= 0.6 is 0 Å². The van der Waals surface area contributed by atoms with Crippen molar-refractivity contribution >= 4 is 17.8 Å². The number of esters is 1. The molecule has 0 unspecified atom stereocenters. The fourth-order valence-electron chi connectivity index (χ4n) is 2.61. The Kier molecular flexibility index (Phi) is 6.78. The van der Waals surface area contributed by atoms with Gasteiger partial charge in [-0.3, -0.25) is 20.4 Å². The van der Waals surface area contributed by atoms with E-state index in [-0.39, 0.29) is 11.1 Å². The van der Waals surface area contributed by atoms with Gasteiger partial charge in [-0.25, -0.2) is 4.79 Å². The molecular weight excluding hydrogens is 384 g/mol. The van der Waals surface area contributed by atoms with Gasteiger partial charge in [0.15, 0.2) is 0 Å². The predicted octanol–water partition coefficient (Wildman–Crippen LogP) is 3.13. The lowest BCUT2D eigenvalue weighted by Gasteiger charge is -2.09. The van der Waals surface area contributed by atoms with Crippen LogP contribution in [0.1, 0.15) is 36.6 Å². The SMILES string of the molecule is COC(=O)c1cccc(C(=O)NNC(=O)c2ccc(OCc3ccccc3)cc2)c1. The van der Waals surface area contributed by atoms with E-state index in [0.29, 0.717) is 17.9 Å². The van der Waals surface area contributed by atoms with Crippen molar-refractivity contribution in [3.63, 3.8) is 0 Å². The van der Waals surface area contributed by atoms with Gasteiger partial charge in [0.1, 0.15) is 12.4 Å². The van der Waals surface area contributed by atoms with E-state index in [4.69, 9.17) is 4.74 Å². The number of carbonyl (C=O) groups is 3. The summed E-state index contributed by atoms with van der Waals surface area (Å²) >= 11 is 0. The Labute approximate surface area is 173 Å². The highest BCUT2D eigenvalue weighted by Crippen LogP contribution is 2.14. The fourth-order valence-corrected chi connectivity index (χ4v) is 2.61. The van der Waals surface area contributed by atoms with Gasteiger partial charge in [-0.2, -0.15) is 0 Å². The molecule has 0 aliphatic carbocycles. The van der Waals surface area contributed by atoms with Crippen LogP contribution in [0.5, 0.6) is 5.75 Å². The van der Waals surface area contributed by atoms with Crippen LogP contribution in [0.2, 0.25) is 0 Å². The van der Waals surface area contributed by atoms with Gasteiger partial charge in [0.25, 0.3) is 11.8 Å². The van der Waals surface area contributed by atoms with Crippen LogP contribution in [-0.4, -0.2) is 24.9 Å². The molecule has 0 spiro atoms. The Morgan fingerprint density at radius 2 is 1.37 bits per heavy atom. The molecule has 152 valence electrons. The number of amides is 2. The Bertz CT molecular complexity index is 1030. The maximum atomic E-state index is 12.3. The summed E-state index contributed by atoms with van der Waals surface area (Å²) in [5.74, 6) is -0.971. The van der Waals surface area contributed by atoms with E-state index in [1.807, 2.05) is 30.3 Å². The average molecular weight is 404 g/mol. The number of hydrogen-bond donors (Lipinski definition) is 2. The zero-order chi connectivity index (χ0) is 21.3. The van der Waals surface area contributed by atoms with Gasteiger partial charge < -0.3 is 9.47 Å². The van der Waals surface area contributed by atoms with Crippen molar-refractivity contribution in [2.24, 2.45) is 0 Å². The Morgan fingerprint density at radius 1 is 0.733 bits per heavy atom. The first kappa shape index (κ1) is 20.6. The van der Waals surface area contributed by atoms with Crippen LogP contribution in [0.4, 0.5) is 0 Å². The molecular formula is C23H20N2O5. The molecule has 3 rings (SSSR count). The van der Waals surface area contributed by atoms with Crippen LogP contribution in [0.3, 0.4) is 0 Å². The molecule has 0 aliphatic heterocycles. The summed E-state index contributed by atoms with van der Waals surface area (Å²) in [5, 5.41) is 0. The van der Waals surface area contributed by atoms with Crippen molar-refractivity contribution in [1.82, 2.24) is 10.9 Å². The standard InChI is InChI=1S/C23H20N2O5/c1-29-23(28)19-9-5-8-18(14-19)22(27)25-24-21(26)17-10-12-20(13-11-17)30-15-16-6-3-2-4-7-16/h2-14H,15H2,1H3,(H,24,26)(H,25,27). The van der Waals surface area contributed by atoms with Crippen LogP contribution in [0.15, 0.2) is 78.9 Å². The van der Waals surface area contributed by atoms with Crippen molar-refractivity contribution in [3.8, 4) is 5.75 Å². The maximum Gasteiger partial charge on any atom is 0.337 e. The Balaban J connectivity index is 1.53. The molecule has 0 bridgehead atoms. The molecule has 2 amide bonds. The number of ether oxygens (including phenoxy) is 2. The molecule has 0 aromatic heterocycles. The summed E-state index contributed by atoms with van der Waals surface area (Å²) in [6.07, 6.45) is 0. The van der Waals surface area contributed by atoms with Crippen LogP contribution in [-0.2, 0) is 11.3 Å². The second-order valence-electron chi connectivity index (χ2n) is 6.28. The average Bonchev–Trinajstić information content (AvgIpc) is 2.81. The fraction of sp³-hybridized carbons (Fsp3) is 0.0870. The first-order valence-electron chi connectivity index (χ1n) is 9.12. The normalized spacial score (nSPS) is 10.0. The number of benzene rings is 3. The first-order valence-corrected chi connectivity index (χ1v) is 9.12. The maximum absolute atomic E-state index is 12.3. The zero-order valence-electron chi connectivity index (χ0n) is 16.3. The third-order valence-electron chi connectivity index (χ3n) is 4.20. The summed E-state index contributed by atoms with van der Waals surface area (Å²) in [4.78, 5) is 36.0. The van der Waals surface area contributed by atoms with Gasteiger partial charge in [0.2, 0.25) is 0 Å². The van der Waals surface area contributed by atoms with Gasteiger partial charge in [-0.05, 0) is 48.0 Å². The van der Waals surface area contributed by atoms with Gasteiger partial charge in [0.05, 0.1) is 12.7 Å². The molecule has 0 aliphatic rings. The van der Waals surface area contributed by atoms with E-state index in [1.54, 1.807) is 30.3 Å². The highest BCUT2D eigenvalue weighted by Gasteiger charge is 2.12. The topological polar surface area (TPSA) is 93.7 Å². The third kappa shape index (κ3) is 5.45. The Morgan fingerprint density at radius 3 is 2.03 bits per heavy atom. The second kappa shape index (κ2) is 9.88. The molecule has 3 aromatic carbocycles. The minimum Gasteiger partial charge on any atom is -0.489 e. The minimum atomic E-state index is -0.558. The van der Waals surface area contributed by atoms with E-state index >= 15 is 0 Å². The zero-order valence-corrected chi connectivity index (χ0v) is 16.3. The number of hydrogen-bond acceptors (Lipinski definition) is 5. The van der Waals surface area contributed by atoms with E-state index < -0.39 is 17.8 Å². The lowest BCUT2D eigenvalue weighted by molar-refractivity contribution is 0.0600. The van der Waals surface area contributed by atoms with Gasteiger partial charge >= 0.3 is 5.97 Å². The van der Waals surface area contributed by atoms with Crippen LogP contribution < -0.4 is 15.6 Å². The van der Waals surface area contributed by atoms with Crippen molar-refractivity contribution in [2.75, 3.05) is 7.11 Å². The molecule has 7 nitrogen and oxygen atoms in total. The number of methoxy groups -OCH3 is 1. The van der Waals surface area contributed by atoms with Crippen LogP contribution in [0.25, 0.3) is 0 Å². The van der Waals surface area contributed by atoms with Crippen molar-refractivity contribution in [1.29, 1.82) is 0 Å². The predicted molar refractivity (Wildman–Crippen MR) is 110 cm³/mol. The number of hydrazine groups is 1. The van der Waals surface area contributed by atoms with E-state index in [2.05, 4.69) is 15.6 Å². The molecule has 2 N–H and O–H groups in total. The van der Waals surface area contributed by atoms with Gasteiger partial charge in [-0.15, -0.1) is 0 Å². The van der Waals surface area contributed by atoms with E-state index in [1.165, 1.54) is 25.3 Å². The lowest BCUT2D eigenvalue weighted by Crippen LogP contribution is -2.41. The molecule has 3 aromatic rings. The molecule has 0 fully saturated rings. The highest BCUT2D eigenvalue weighted by atomic mass is 16.5. The van der Waals surface area contributed by atoms with Crippen molar-refractivity contribution in [2.45, 2.75) is 6.61 Å². The molecule has 7 heteroatoms. The summed E-state index contributed by atoms with van der Waals surface area (Å²) in [6.45, 7) is 0.424. The van der Waals surface area contributed by atoms with Crippen LogP contribution in [0, 0.1) is 0 Å². The molecule has 30 heavy (non-hydrogen) atoms. The van der Waals surface area contributed by atoms with Crippen molar-refractivity contribution < 1.29 is 23.9 Å². The lowest BCUT2D eigenvalue weighted by atomic mass is 10.1. The first-order chi connectivity index (χ1) is 14.6. The quantitative estimate of drug-likeness (QED) is 0.486.